The maximum atomic E-state index is 12.4. The Balaban J connectivity index is 1.37. The number of rotatable bonds is 5. The van der Waals surface area contributed by atoms with Crippen molar-refractivity contribution in [1.82, 2.24) is 24.6 Å². The van der Waals surface area contributed by atoms with Crippen LogP contribution in [0.5, 0.6) is 0 Å². The van der Waals surface area contributed by atoms with Gasteiger partial charge in [0.15, 0.2) is 10.8 Å². The molecule has 4 aromatic heterocycles. The number of nitrogens with zero attached hydrogens (tertiary/aromatic N) is 5. The van der Waals surface area contributed by atoms with Crippen molar-refractivity contribution < 1.29 is 4.79 Å². The first kappa shape index (κ1) is 21.5. The Morgan fingerprint density at radius 3 is 2.74 bits per heavy atom. The smallest absolute Gasteiger partial charge is 0.234 e. The molecule has 0 atom stereocenters. The molecule has 1 aliphatic rings. The lowest BCUT2D eigenvalue weighted by Crippen LogP contribution is -2.14. The van der Waals surface area contributed by atoms with Crippen molar-refractivity contribution in [3.05, 3.63) is 53.5 Å². The second-order valence-electron chi connectivity index (χ2n) is 8.90. The molecule has 9 heteroatoms. The van der Waals surface area contributed by atoms with Crippen LogP contribution in [0.15, 0.2) is 41.8 Å². The number of aryl methyl sites for hydroxylation is 1. The Morgan fingerprint density at radius 2 is 1.94 bits per heavy atom. The predicted molar refractivity (Wildman–Crippen MR) is 138 cm³/mol. The number of carbonyl (C=O) groups excluding carboxylic acids is 1. The third-order valence-electron chi connectivity index (χ3n) is 6.27. The molecule has 0 fully saturated rings. The summed E-state index contributed by atoms with van der Waals surface area (Å²) in [4.78, 5) is 23.4. The standard InChI is InChI=1S/C25H24N6OS2/c1-14(2)20-17-11-7-6-10-16(17)19-21-22(34-24(19)28-20)23-29-30-25(31(23)13-26-21)33-12-18(32)27-15-8-4-3-5-9-15/h3-5,8-9,13-14H,6-7,10-12H2,1-2H3,(H,27,32). The Hall–Kier alpha value is -3.04. The highest BCUT2D eigenvalue weighted by molar-refractivity contribution is 7.99. The number of nitrogens with one attached hydrogen (secondary N) is 1. The van der Waals surface area contributed by atoms with Crippen molar-refractivity contribution in [2.24, 2.45) is 0 Å². The summed E-state index contributed by atoms with van der Waals surface area (Å²) >= 11 is 3.00. The molecule has 4 heterocycles. The summed E-state index contributed by atoms with van der Waals surface area (Å²) in [5.41, 5.74) is 6.61. The van der Waals surface area contributed by atoms with Crippen LogP contribution in [0.25, 0.3) is 26.1 Å². The number of para-hydroxylation sites is 1. The van der Waals surface area contributed by atoms with Crippen LogP contribution < -0.4 is 5.32 Å². The van der Waals surface area contributed by atoms with E-state index < -0.39 is 0 Å². The van der Waals surface area contributed by atoms with Crippen LogP contribution in [0.3, 0.4) is 0 Å². The van der Waals surface area contributed by atoms with E-state index >= 15 is 0 Å². The Bertz CT molecular complexity index is 1540. The van der Waals surface area contributed by atoms with Gasteiger partial charge < -0.3 is 5.32 Å². The molecular weight excluding hydrogens is 464 g/mol. The zero-order chi connectivity index (χ0) is 23.2. The number of hydrogen-bond acceptors (Lipinski definition) is 7. The molecule has 0 saturated carbocycles. The topological polar surface area (TPSA) is 85.1 Å². The fourth-order valence-electron chi connectivity index (χ4n) is 4.75. The monoisotopic (exact) mass is 488 g/mol. The lowest BCUT2D eigenvalue weighted by molar-refractivity contribution is -0.113. The Labute approximate surface area is 205 Å². The van der Waals surface area contributed by atoms with Crippen molar-refractivity contribution in [3.8, 4) is 0 Å². The van der Waals surface area contributed by atoms with Gasteiger partial charge in [-0.1, -0.05) is 43.8 Å². The van der Waals surface area contributed by atoms with Gasteiger partial charge in [0.2, 0.25) is 5.91 Å². The maximum Gasteiger partial charge on any atom is 0.234 e. The SMILES string of the molecule is CC(C)c1nc2sc3c(ncn4c(SCC(=O)Nc5ccccc5)nnc34)c2c2c1CCCC2. The molecular formula is C25H24N6OS2. The van der Waals surface area contributed by atoms with Gasteiger partial charge in [-0.15, -0.1) is 21.5 Å². The van der Waals surface area contributed by atoms with Crippen LogP contribution in [0.4, 0.5) is 5.69 Å². The summed E-state index contributed by atoms with van der Waals surface area (Å²) in [5, 5.41) is 13.6. The quantitative estimate of drug-likeness (QED) is 0.323. The molecule has 0 aliphatic heterocycles. The average molecular weight is 489 g/mol. The molecule has 7 nitrogen and oxygen atoms in total. The van der Waals surface area contributed by atoms with Crippen molar-refractivity contribution >= 4 is 60.8 Å². The molecule has 1 aromatic carbocycles. The fourth-order valence-corrected chi connectivity index (χ4v) is 6.60. The zero-order valence-corrected chi connectivity index (χ0v) is 20.7. The highest BCUT2D eigenvalue weighted by Gasteiger charge is 2.24. The number of thiophene rings is 1. The molecule has 172 valence electrons. The third-order valence-corrected chi connectivity index (χ3v) is 8.28. The van der Waals surface area contributed by atoms with Gasteiger partial charge in [-0.3, -0.25) is 9.20 Å². The predicted octanol–water partition coefficient (Wildman–Crippen LogP) is 5.62. The molecule has 0 saturated heterocycles. The van der Waals surface area contributed by atoms with Crippen LogP contribution >= 0.6 is 23.1 Å². The van der Waals surface area contributed by atoms with Crippen LogP contribution in [-0.4, -0.2) is 36.2 Å². The summed E-state index contributed by atoms with van der Waals surface area (Å²) in [6.07, 6.45) is 6.40. The number of pyridine rings is 1. The zero-order valence-electron chi connectivity index (χ0n) is 19.0. The molecule has 34 heavy (non-hydrogen) atoms. The van der Waals surface area contributed by atoms with Crippen molar-refractivity contribution in [1.29, 1.82) is 0 Å². The van der Waals surface area contributed by atoms with E-state index in [0.29, 0.717) is 11.1 Å². The normalized spacial score (nSPS) is 13.7. The van der Waals surface area contributed by atoms with Gasteiger partial charge in [0, 0.05) is 16.8 Å². The van der Waals surface area contributed by atoms with Crippen LogP contribution in [0.1, 0.15) is 49.4 Å². The van der Waals surface area contributed by atoms with Gasteiger partial charge in [0.1, 0.15) is 15.9 Å². The lowest BCUT2D eigenvalue weighted by Gasteiger charge is -2.21. The second kappa shape index (κ2) is 8.63. The van der Waals surface area contributed by atoms with Gasteiger partial charge in [-0.25, -0.2) is 9.97 Å². The molecule has 1 amide bonds. The van der Waals surface area contributed by atoms with E-state index in [4.69, 9.17) is 9.97 Å². The highest BCUT2D eigenvalue weighted by atomic mass is 32.2. The van der Waals surface area contributed by atoms with Crippen LogP contribution in [0, 0.1) is 0 Å². The van der Waals surface area contributed by atoms with Crippen molar-refractivity contribution in [2.75, 3.05) is 11.1 Å². The number of hydrogen-bond donors (Lipinski definition) is 1. The second-order valence-corrected chi connectivity index (χ2v) is 10.8. The van der Waals surface area contributed by atoms with E-state index in [1.807, 2.05) is 34.7 Å². The van der Waals surface area contributed by atoms with Crippen molar-refractivity contribution in [2.45, 2.75) is 50.6 Å². The van der Waals surface area contributed by atoms with Gasteiger partial charge in [-0.05, 0) is 54.9 Å². The minimum atomic E-state index is -0.0825. The van der Waals surface area contributed by atoms with E-state index in [2.05, 4.69) is 29.4 Å². The molecule has 1 aliphatic carbocycles. The van der Waals surface area contributed by atoms with E-state index in [1.165, 1.54) is 46.8 Å². The summed E-state index contributed by atoms with van der Waals surface area (Å²) in [7, 11) is 0. The fraction of sp³-hybridized carbons (Fsp3) is 0.320. The molecule has 0 unspecified atom stereocenters. The molecule has 0 bridgehead atoms. The maximum absolute atomic E-state index is 12.4. The average Bonchev–Trinajstić information content (AvgIpc) is 3.44. The number of amides is 1. The minimum absolute atomic E-state index is 0.0825. The van der Waals surface area contributed by atoms with Crippen molar-refractivity contribution in [3.63, 3.8) is 0 Å². The van der Waals surface area contributed by atoms with E-state index in [9.17, 15) is 4.79 Å². The molecule has 0 spiro atoms. The highest BCUT2D eigenvalue weighted by Crippen LogP contribution is 2.41. The van der Waals surface area contributed by atoms with E-state index in [0.717, 1.165) is 39.2 Å². The molecule has 5 aromatic rings. The largest absolute Gasteiger partial charge is 0.325 e. The molecule has 6 rings (SSSR count). The minimum Gasteiger partial charge on any atom is -0.325 e. The third kappa shape index (κ3) is 3.63. The summed E-state index contributed by atoms with van der Waals surface area (Å²) in [6, 6.07) is 9.45. The Kier molecular flexibility index (Phi) is 5.45. The first-order valence-electron chi connectivity index (χ1n) is 11.6. The first-order chi connectivity index (χ1) is 16.6. The molecule has 0 radical (unpaired) electrons. The van der Waals surface area contributed by atoms with Gasteiger partial charge in [0.25, 0.3) is 0 Å². The number of aromatic nitrogens is 5. The number of anilines is 1. The Morgan fingerprint density at radius 1 is 1.15 bits per heavy atom. The number of carbonyl (C=O) groups is 1. The number of fused-ring (bicyclic) bond motifs is 7. The van der Waals surface area contributed by atoms with Crippen LogP contribution in [0.2, 0.25) is 0 Å². The lowest BCUT2D eigenvalue weighted by atomic mass is 9.86. The van der Waals surface area contributed by atoms with E-state index in [-0.39, 0.29) is 11.7 Å². The summed E-state index contributed by atoms with van der Waals surface area (Å²) in [5.74, 6) is 0.556. The van der Waals surface area contributed by atoms with Gasteiger partial charge >= 0.3 is 0 Å². The summed E-state index contributed by atoms with van der Waals surface area (Å²) in [6.45, 7) is 4.45. The number of thioether (sulfide) groups is 1. The van der Waals surface area contributed by atoms with Gasteiger partial charge in [0.05, 0.1) is 11.3 Å². The molecule has 1 N–H and O–H groups in total. The van der Waals surface area contributed by atoms with Crippen LogP contribution in [-0.2, 0) is 17.6 Å². The summed E-state index contributed by atoms with van der Waals surface area (Å²) < 4.78 is 2.89. The van der Waals surface area contributed by atoms with E-state index in [1.54, 1.807) is 17.7 Å². The number of benzene rings is 1. The first-order valence-corrected chi connectivity index (χ1v) is 13.4. The van der Waals surface area contributed by atoms with Gasteiger partial charge in [-0.2, -0.15) is 0 Å².